The summed E-state index contributed by atoms with van der Waals surface area (Å²) in [6.45, 7) is 0. The highest BCUT2D eigenvalue weighted by Crippen LogP contribution is 2.26. The van der Waals surface area contributed by atoms with E-state index in [9.17, 15) is 4.79 Å². The molecule has 1 saturated heterocycles. The minimum absolute atomic E-state index is 0.166. The first kappa shape index (κ1) is 8.27. The van der Waals surface area contributed by atoms with Crippen molar-refractivity contribution in [3.63, 3.8) is 0 Å². The molecule has 0 aromatic heterocycles. The van der Waals surface area contributed by atoms with E-state index in [1.54, 1.807) is 11.8 Å². The smallest absolute Gasteiger partial charge is 0.307 e. The van der Waals surface area contributed by atoms with E-state index >= 15 is 0 Å². The molecular formula is C6H10O2S2. The molecule has 0 saturated carbocycles. The fourth-order valence-electron chi connectivity index (χ4n) is 0.983. The van der Waals surface area contributed by atoms with Gasteiger partial charge in [0.2, 0.25) is 0 Å². The standard InChI is InChI=1S/C6H10O2S2/c7-6(8)4-1-5(9)3-10-2-4/h4-5,9H,1-3H2,(H,7,8)/t4-,5+/m0/s1. The number of rotatable bonds is 1. The molecule has 0 aromatic carbocycles. The predicted molar refractivity (Wildman–Crippen MR) is 45.8 cm³/mol. The second-order valence-electron chi connectivity index (χ2n) is 2.46. The molecule has 1 aliphatic rings. The van der Waals surface area contributed by atoms with Crippen LogP contribution in [0.15, 0.2) is 0 Å². The summed E-state index contributed by atoms with van der Waals surface area (Å²) in [5.74, 6) is 0.909. The molecule has 2 nitrogen and oxygen atoms in total. The number of hydrogen-bond acceptors (Lipinski definition) is 3. The Kier molecular flexibility index (Phi) is 2.92. The van der Waals surface area contributed by atoms with Crippen molar-refractivity contribution in [2.45, 2.75) is 11.7 Å². The molecule has 4 heteroatoms. The fraction of sp³-hybridized carbons (Fsp3) is 0.833. The van der Waals surface area contributed by atoms with Crippen LogP contribution in [-0.4, -0.2) is 27.8 Å². The van der Waals surface area contributed by atoms with Crippen molar-refractivity contribution in [1.82, 2.24) is 0 Å². The van der Waals surface area contributed by atoms with Gasteiger partial charge in [0.05, 0.1) is 5.92 Å². The average molecular weight is 178 g/mol. The number of carboxylic acid groups (broad SMARTS) is 1. The van der Waals surface area contributed by atoms with Gasteiger partial charge in [-0.25, -0.2) is 0 Å². The lowest BCUT2D eigenvalue weighted by molar-refractivity contribution is -0.141. The average Bonchev–Trinajstić information content (AvgIpc) is 1.88. The number of hydrogen-bond donors (Lipinski definition) is 2. The molecule has 10 heavy (non-hydrogen) atoms. The van der Waals surface area contributed by atoms with Crippen LogP contribution in [0.3, 0.4) is 0 Å². The predicted octanol–water partition coefficient (Wildman–Crippen LogP) is 1.12. The Hall–Kier alpha value is 0.170. The van der Waals surface area contributed by atoms with Crippen LogP contribution < -0.4 is 0 Å². The van der Waals surface area contributed by atoms with Crippen molar-refractivity contribution >= 4 is 30.4 Å². The summed E-state index contributed by atoms with van der Waals surface area (Å²) in [5, 5.41) is 8.89. The van der Waals surface area contributed by atoms with Gasteiger partial charge in [-0.15, -0.1) is 0 Å². The van der Waals surface area contributed by atoms with Gasteiger partial charge >= 0.3 is 5.97 Å². The molecule has 1 aliphatic heterocycles. The first-order valence-electron chi connectivity index (χ1n) is 3.18. The van der Waals surface area contributed by atoms with Crippen LogP contribution in [-0.2, 0) is 4.79 Å². The van der Waals surface area contributed by atoms with Gasteiger partial charge in [0.15, 0.2) is 0 Å². The van der Waals surface area contributed by atoms with E-state index in [1.807, 2.05) is 0 Å². The van der Waals surface area contributed by atoms with E-state index in [0.717, 1.165) is 17.9 Å². The molecule has 0 bridgehead atoms. The van der Waals surface area contributed by atoms with Crippen molar-refractivity contribution < 1.29 is 9.90 Å². The van der Waals surface area contributed by atoms with E-state index in [4.69, 9.17) is 5.11 Å². The molecule has 1 heterocycles. The second kappa shape index (κ2) is 3.53. The number of carboxylic acids is 1. The Bertz CT molecular complexity index is 138. The van der Waals surface area contributed by atoms with Crippen LogP contribution >= 0.6 is 24.4 Å². The van der Waals surface area contributed by atoms with E-state index in [-0.39, 0.29) is 11.2 Å². The van der Waals surface area contributed by atoms with E-state index in [1.165, 1.54) is 0 Å². The largest absolute Gasteiger partial charge is 0.481 e. The summed E-state index contributed by atoms with van der Waals surface area (Å²) in [4.78, 5) is 10.5. The molecule has 0 radical (unpaired) electrons. The Labute approximate surface area is 69.8 Å². The molecular weight excluding hydrogens is 168 g/mol. The highest BCUT2D eigenvalue weighted by Gasteiger charge is 2.24. The molecule has 2 atom stereocenters. The Morgan fingerprint density at radius 1 is 1.60 bits per heavy atom. The third-order valence-corrected chi connectivity index (χ3v) is 3.45. The van der Waals surface area contributed by atoms with Crippen molar-refractivity contribution in [2.75, 3.05) is 11.5 Å². The van der Waals surface area contributed by atoms with Crippen molar-refractivity contribution in [3.8, 4) is 0 Å². The molecule has 1 N–H and O–H groups in total. The first-order chi connectivity index (χ1) is 4.70. The monoisotopic (exact) mass is 178 g/mol. The summed E-state index contributed by atoms with van der Waals surface area (Å²) < 4.78 is 0. The minimum Gasteiger partial charge on any atom is -0.481 e. The quantitative estimate of drug-likeness (QED) is 0.591. The third kappa shape index (κ3) is 2.09. The fourth-order valence-corrected chi connectivity index (χ4v) is 2.66. The SMILES string of the molecule is O=C(O)[C@@H]1CSC[C@H](S)C1. The zero-order chi connectivity index (χ0) is 7.56. The maximum atomic E-state index is 10.5. The van der Waals surface area contributed by atoms with Gasteiger partial charge in [-0.05, 0) is 6.42 Å². The minimum atomic E-state index is -0.675. The zero-order valence-corrected chi connectivity index (χ0v) is 7.20. The number of thiol groups is 1. The highest BCUT2D eigenvalue weighted by molar-refractivity contribution is 8.00. The van der Waals surface area contributed by atoms with Crippen LogP contribution in [0.25, 0.3) is 0 Å². The number of carbonyl (C=O) groups is 1. The van der Waals surface area contributed by atoms with Gasteiger partial charge in [-0.3, -0.25) is 4.79 Å². The van der Waals surface area contributed by atoms with Gasteiger partial charge < -0.3 is 5.11 Å². The van der Waals surface area contributed by atoms with Gasteiger partial charge in [0.1, 0.15) is 0 Å². The van der Waals surface area contributed by atoms with Crippen LogP contribution in [0.1, 0.15) is 6.42 Å². The topological polar surface area (TPSA) is 37.3 Å². The van der Waals surface area contributed by atoms with Gasteiger partial charge in [-0.1, -0.05) is 0 Å². The lowest BCUT2D eigenvalue weighted by Crippen LogP contribution is -2.26. The maximum absolute atomic E-state index is 10.5. The summed E-state index contributed by atoms with van der Waals surface area (Å²) in [6.07, 6.45) is 0.728. The van der Waals surface area contributed by atoms with Crippen LogP contribution in [0, 0.1) is 5.92 Å². The zero-order valence-electron chi connectivity index (χ0n) is 5.49. The highest BCUT2D eigenvalue weighted by atomic mass is 32.2. The summed E-state index contributed by atoms with van der Waals surface area (Å²) in [6, 6.07) is 0. The molecule has 1 rings (SSSR count). The van der Waals surface area contributed by atoms with Crippen LogP contribution in [0.4, 0.5) is 0 Å². The number of aliphatic carboxylic acids is 1. The van der Waals surface area contributed by atoms with Crippen molar-refractivity contribution in [3.05, 3.63) is 0 Å². The summed E-state index contributed by atoms with van der Waals surface area (Å²) in [7, 11) is 0. The van der Waals surface area contributed by atoms with Gasteiger partial charge in [0.25, 0.3) is 0 Å². The normalized spacial score (nSPS) is 33.7. The lowest BCUT2D eigenvalue weighted by Gasteiger charge is -2.21. The lowest BCUT2D eigenvalue weighted by atomic mass is 10.1. The Morgan fingerprint density at radius 3 is 2.70 bits per heavy atom. The molecule has 1 fully saturated rings. The van der Waals surface area contributed by atoms with E-state index in [0.29, 0.717) is 0 Å². The van der Waals surface area contributed by atoms with E-state index < -0.39 is 5.97 Å². The third-order valence-electron chi connectivity index (χ3n) is 1.54. The van der Waals surface area contributed by atoms with Crippen molar-refractivity contribution in [2.24, 2.45) is 5.92 Å². The maximum Gasteiger partial charge on any atom is 0.307 e. The second-order valence-corrected chi connectivity index (χ2v) is 4.27. The first-order valence-corrected chi connectivity index (χ1v) is 4.86. The summed E-state index contributed by atoms with van der Waals surface area (Å²) in [5.41, 5.74) is 0. The molecule has 0 unspecified atom stereocenters. The van der Waals surface area contributed by atoms with Gasteiger partial charge in [-0.2, -0.15) is 24.4 Å². The molecule has 0 aromatic rings. The van der Waals surface area contributed by atoms with Crippen LogP contribution in [0.5, 0.6) is 0 Å². The van der Waals surface area contributed by atoms with Crippen LogP contribution in [0.2, 0.25) is 0 Å². The molecule has 58 valence electrons. The molecule has 0 aliphatic carbocycles. The Balaban J connectivity index is 2.39. The molecule has 0 amide bonds. The summed E-state index contributed by atoms with van der Waals surface area (Å²) >= 11 is 5.91. The van der Waals surface area contributed by atoms with Crippen molar-refractivity contribution in [1.29, 1.82) is 0 Å². The van der Waals surface area contributed by atoms with E-state index in [2.05, 4.69) is 12.6 Å². The number of thioether (sulfide) groups is 1. The van der Waals surface area contributed by atoms with Gasteiger partial charge in [0, 0.05) is 16.8 Å². The Morgan fingerprint density at radius 2 is 2.30 bits per heavy atom. The molecule has 0 spiro atoms.